The molecule has 2 aromatic rings. The van der Waals surface area contributed by atoms with Crippen molar-refractivity contribution in [1.29, 1.82) is 0 Å². The Morgan fingerprint density at radius 3 is 2.62 bits per heavy atom. The molecule has 0 saturated carbocycles. The molecule has 1 unspecified atom stereocenters. The average molecular weight is 318 g/mol. The maximum absolute atomic E-state index is 10.2. The summed E-state index contributed by atoms with van der Waals surface area (Å²) < 4.78 is 0.912. The first-order chi connectivity index (χ1) is 7.59. The molecule has 16 heavy (non-hydrogen) atoms. The van der Waals surface area contributed by atoms with Crippen LogP contribution in [0.5, 0.6) is 0 Å². The molecule has 1 aromatic carbocycles. The molecule has 84 valence electrons. The van der Waals surface area contributed by atoms with Gasteiger partial charge in [-0.3, -0.25) is 0 Å². The Bertz CT molecular complexity index is 509. The van der Waals surface area contributed by atoms with Gasteiger partial charge in [0.2, 0.25) is 0 Å². The second-order valence-corrected chi connectivity index (χ2v) is 5.94. The van der Waals surface area contributed by atoms with Crippen LogP contribution in [0.1, 0.15) is 22.1 Å². The molecule has 0 fully saturated rings. The lowest BCUT2D eigenvalue weighted by Gasteiger charge is -2.12. The molecule has 1 nitrogen and oxygen atoms in total. The first-order valence-electron chi connectivity index (χ1n) is 4.76. The number of aryl methyl sites for hydroxylation is 1. The fourth-order valence-electron chi connectivity index (χ4n) is 1.57. The third kappa shape index (κ3) is 2.33. The minimum atomic E-state index is -0.646. The summed E-state index contributed by atoms with van der Waals surface area (Å²) in [6.45, 7) is 2.00. The van der Waals surface area contributed by atoms with Crippen LogP contribution >= 0.6 is 38.9 Å². The summed E-state index contributed by atoms with van der Waals surface area (Å²) in [5.74, 6) is 0. The van der Waals surface area contributed by atoms with Crippen LogP contribution in [0.15, 0.2) is 34.1 Å². The van der Waals surface area contributed by atoms with Crippen LogP contribution in [0.2, 0.25) is 5.02 Å². The SMILES string of the molecule is Cc1sccc1C(O)c1ccc(Br)cc1Cl. The third-order valence-corrected chi connectivity index (χ3v) is 4.13. The highest BCUT2D eigenvalue weighted by molar-refractivity contribution is 9.10. The van der Waals surface area contributed by atoms with Crippen molar-refractivity contribution in [2.75, 3.05) is 0 Å². The van der Waals surface area contributed by atoms with Crippen LogP contribution in [0, 0.1) is 6.92 Å². The quantitative estimate of drug-likeness (QED) is 0.861. The van der Waals surface area contributed by atoms with Gasteiger partial charge in [0, 0.05) is 19.9 Å². The highest BCUT2D eigenvalue weighted by atomic mass is 79.9. The van der Waals surface area contributed by atoms with Gasteiger partial charge in [-0.05, 0) is 36.1 Å². The van der Waals surface area contributed by atoms with Gasteiger partial charge in [0.25, 0.3) is 0 Å². The van der Waals surface area contributed by atoms with Gasteiger partial charge in [0.15, 0.2) is 0 Å². The number of thiophene rings is 1. The van der Waals surface area contributed by atoms with Crippen molar-refractivity contribution in [1.82, 2.24) is 0 Å². The van der Waals surface area contributed by atoms with Crippen molar-refractivity contribution < 1.29 is 5.11 Å². The molecule has 1 heterocycles. The second kappa shape index (κ2) is 4.88. The van der Waals surface area contributed by atoms with Gasteiger partial charge in [0.1, 0.15) is 6.10 Å². The number of rotatable bonds is 2. The molecule has 0 bridgehead atoms. The number of aliphatic hydroxyl groups is 1. The summed E-state index contributed by atoms with van der Waals surface area (Å²) in [6, 6.07) is 7.45. The fraction of sp³-hybridized carbons (Fsp3) is 0.167. The van der Waals surface area contributed by atoms with Crippen LogP contribution in [0.4, 0.5) is 0 Å². The van der Waals surface area contributed by atoms with Crippen LogP contribution in [0.25, 0.3) is 0 Å². The lowest BCUT2D eigenvalue weighted by molar-refractivity contribution is 0.220. The van der Waals surface area contributed by atoms with Crippen LogP contribution < -0.4 is 0 Å². The van der Waals surface area contributed by atoms with Crippen LogP contribution in [0.3, 0.4) is 0 Å². The molecule has 1 N–H and O–H groups in total. The molecule has 0 amide bonds. The zero-order valence-corrected chi connectivity index (χ0v) is 11.7. The molecule has 0 aliphatic rings. The van der Waals surface area contributed by atoms with E-state index in [1.165, 1.54) is 0 Å². The van der Waals surface area contributed by atoms with E-state index in [0.29, 0.717) is 5.02 Å². The summed E-state index contributed by atoms with van der Waals surface area (Å²) in [5.41, 5.74) is 1.67. The molecule has 1 aromatic heterocycles. The molecule has 0 aliphatic carbocycles. The van der Waals surface area contributed by atoms with E-state index in [2.05, 4.69) is 15.9 Å². The first kappa shape index (κ1) is 12.1. The maximum Gasteiger partial charge on any atom is 0.107 e. The monoisotopic (exact) mass is 316 g/mol. The van der Waals surface area contributed by atoms with Crippen molar-refractivity contribution >= 4 is 38.9 Å². The van der Waals surface area contributed by atoms with E-state index in [1.54, 1.807) is 17.4 Å². The Balaban J connectivity index is 2.41. The van der Waals surface area contributed by atoms with E-state index >= 15 is 0 Å². The standard InChI is InChI=1S/C12H10BrClOS/c1-7-9(4-5-16-7)12(15)10-3-2-8(13)6-11(10)14/h2-6,12,15H,1H3. The van der Waals surface area contributed by atoms with E-state index in [4.69, 9.17) is 11.6 Å². The molecular weight excluding hydrogens is 308 g/mol. The largest absolute Gasteiger partial charge is 0.384 e. The number of aliphatic hydroxyl groups excluding tert-OH is 1. The van der Waals surface area contributed by atoms with Gasteiger partial charge < -0.3 is 5.11 Å². The summed E-state index contributed by atoms with van der Waals surface area (Å²) >= 11 is 11.1. The van der Waals surface area contributed by atoms with Gasteiger partial charge in [-0.1, -0.05) is 33.6 Å². The van der Waals surface area contributed by atoms with Crippen molar-refractivity contribution in [3.63, 3.8) is 0 Å². The van der Waals surface area contributed by atoms with Gasteiger partial charge in [-0.15, -0.1) is 11.3 Å². The minimum absolute atomic E-state index is 0.576. The lowest BCUT2D eigenvalue weighted by Crippen LogP contribution is -2.00. The van der Waals surface area contributed by atoms with E-state index in [9.17, 15) is 5.11 Å². The molecule has 1 atom stereocenters. The Hall–Kier alpha value is -0.350. The summed E-state index contributed by atoms with van der Waals surface area (Å²) in [6.07, 6.45) is -0.646. The molecule has 2 rings (SSSR count). The number of benzene rings is 1. The average Bonchev–Trinajstić information content (AvgIpc) is 2.63. The highest BCUT2D eigenvalue weighted by Crippen LogP contribution is 2.33. The number of hydrogen-bond donors (Lipinski definition) is 1. The van der Waals surface area contributed by atoms with E-state index < -0.39 is 6.10 Å². The van der Waals surface area contributed by atoms with Crippen molar-refractivity contribution in [3.05, 3.63) is 55.1 Å². The maximum atomic E-state index is 10.2. The number of hydrogen-bond acceptors (Lipinski definition) is 2. The highest BCUT2D eigenvalue weighted by Gasteiger charge is 2.16. The Morgan fingerprint density at radius 1 is 1.31 bits per heavy atom. The minimum Gasteiger partial charge on any atom is -0.384 e. The fourth-order valence-corrected chi connectivity index (χ4v) is 3.08. The van der Waals surface area contributed by atoms with E-state index in [-0.39, 0.29) is 0 Å². The normalized spacial score (nSPS) is 12.8. The molecular formula is C12H10BrClOS. The lowest BCUT2D eigenvalue weighted by atomic mass is 10.0. The molecule has 4 heteroatoms. The van der Waals surface area contributed by atoms with Gasteiger partial charge in [0.05, 0.1) is 0 Å². The Labute approximate surface area is 112 Å². The predicted octanol–water partition coefficient (Wildman–Crippen LogP) is 4.55. The molecule has 0 aliphatic heterocycles. The van der Waals surface area contributed by atoms with Crippen molar-refractivity contribution in [2.45, 2.75) is 13.0 Å². The Morgan fingerprint density at radius 2 is 2.06 bits per heavy atom. The van der Waals surface area contributed by atoms with Crippen molar-refractivity contribution in [2.24, 2.45) is 0 Å². The van der Waals surface area contributed by atoms with Crippen LogP contribution in [-0.4, -0.2) is 5.11 Å². The smallest absolute Gasteiger partial charge is 0.107 e. The third-order valence-electron chi connectivity index (χ3n) is 2.45. The van der Waals surface area contributed by atoms with Gasteiger partial charge >= 0.3 is 0 Å². The summed E-state index contributed by atoms with van der Waals surface area (Å²) in [4.78, 5) is 1.12. The first-order valence-corrected chi connectivity index (χ1v) is 6.81. The topological polar surface area (TPSA) is 20.2 Å². The molecule has 0 saturated heterocycles. The Kier molecular flexibility index (Phi) is 3.70. The van der Waals surface area contributed by atoms with Crippen molar-refractivity contribution in [3.8, 4) is 0 Å². The molecule has 0 spiro atoms. The van der Waals surface area contributed by atoms with Gasteiger partial charge in [-0.25, -0.2) is 0 Å². The summed E-state index contributed by atoms with van der Waals surface area (Å²) in [7, 11) is 0. The summed E-state index contributed by atoms with van der Waals surface area (Å²) in [5, 5.41) is 12.8. The molecule has 0 radical (unpaired) electrons. The van der Waals surface area contributed by atoms with Gasteiger partial charge in [-0.2, -0.15) is 0 Å². The van der Waals surface area contributed by atoms with E-state index in [1.807, 2.05) is 30.5 Å². The van der Waals surface area contributed by atoms with E-state index in [0.717, 1.165) is 20.5 Å². The zero-order valence-electron chi connectivity index (χ0n) is 8.58. The second-order valence-electron chi connectivity index (χ2n) is 3.50. The van der Waals surface area contributed by atoms with Crippen LogP contribution in [-0.2, 0) is 0 Å². The zero-order chi connectivity index (χ0) is 11.7. The number of halogens is 2. The predicted molar refractivity (Wildman–Crippen MR) is 72.3 cm³/mol.